The van der Waals surface area contributed by atoms with Crippen LogP contribution in [0.15, 0.2) is 88.9 Å². The fraction of sp³-hybridized carbons (Fsp3) is 0.200. The van der Waals surface area contributed by atoms with Crippen molar-refractivity contribution in [1.82, 2.24) is 9.99 Å². The average Bonchev–Trinajstić information content (AvgIpc) is 3.16. The Morgan fingerprint density at radius 3 is 2.29 bits per heavy atom. The monoisotopic (exact) mass is 528 g/mol. The molecule has 4 aromatic rings. The molecule has 3 aromatic carbocycles. The second-order valence-electron chi connectivity index (χ2n) is 9.41. The van der Waals surface area contributed by atoms with Crippen molar-refractivity contribution < 1.29 is 13.2 Å². The summed E-state index contributed by atoms with van der Waals surface area (Å²) in [6, 6.07) is 23.8. The smallest absolute Gasteiger partial charge is 0.264 e. The lowest BCUT2D eigenvalue weighted by Gasteiger charge is -2.25. The first-order chi connectivity index (χ1) is 18.1. The number of nitrogens with one attached hydrogen (secondary N) is 1. The molecule has 0 fully saturated rings. The van der Waals surface area contributed by atoms with E-state index in [1.54, 1.807) is 30.5 Å². The quantitative estimate of drug-likeness (QED) is 0.247. The van der Waals surface area contributed by atoms with Gasteiger partial charge < -0.3 is 4.57 Å². The summed E-state index contributed by atoms with van der Waals surface area (Å²) in [5.74, 6) is -0.548. The Balaban J connectivity index is 1.57. The largest absolute Gasteiger partial charge is 0.318 e. The molecule has 0 aliphatic heterocycles. The maximum absolute atomic E-state index is 13.5. The van der Waals surface area contributed by atoms with Crippen LogP contribution < -0.4 is 9.73 Å². The Kier molecular flexibility index (Phi) is 7.83. The Bertz CT molecular complexity index is 1610. The molecule has 0 bridgehead atoms. The van der Waals surface area contributed by atoms with Gasteiger partial charge in [0.1, 0.15) is 6.54 Å². The molecule has 0 unspecified atom stereocenters. The Labute approximate surface area is 224 Å². The predicted octanol–water partition coefficient (Wildman–Crippen LogP) is 5.37. The third-order valence-corrected chi connectivity index (χ3v) is 8.14. The summed E-state index contributed by atoms with van der Waals surface area (Å²) in [5, 5.41) is 4.15. The van der Waals surface area contributed by atoms with Crippen LogP contribution in [-0.2, 0) is 14.8 Å². The lowest BCUT2D eigenvalue weighted by Crippen LogP contribution is -2.40. The topological polar surface area (TPSA) is 83.8 Å². The number of hydrazone groups is 1. The SMILES string of the molecule is Cc1cccc(-n2c(C)cc(/C=N\NC(=O)CN(c3ccc(C)cc3C)S(=O)(=O)c3ccccc3)c2C)c1. The van der Waals surface area contributed by atoms with E-state index >= 15 is 0 Å². The fourth-order valence-electron chi connectivity index (χ4n) is 4.53. The van der Waals surface area contributed by atoms with Gasteiger partial charge in [0.25, 0.3) is 15.9 Å². The fourth-order valence-corrected chi connectivity index (χ4v) is 6.03. The maximum atomic E-state index is 13.5. The highest BCUT2D eigenvalue weighted by atomic mass is 32.2. The van der Waals surface area contributed by atoms with E-state index in [-0.39, 0.29) is 4.90 Å². The van der Waals surface area contributed by atoms with Gasteiger partial charge in [-0.2, -0.15) is 5.10 Å². The number of carbonyl (C=O) groups is 1. The second-order valence-corrected chi connectivity index (χ2v) is 11.3. The van der Waals surface area contributed by atoms with Gasteiger partial charge in [0.15, 0.2) is 0 Å². The van der Waals surface area contributed by atoms with Crippen LogP contribution in [0.5, 0.6) is 0 Å². The number of sulfonamides is 1. The molecule has 0 radical (unpaired) electrons. The van der Waals surface area contributed by atoms with Crippen LogP contribution in [0.1, 0.15) is 33.6 Å². The maximum Gasteiger partial charge on any atom is 0.264 e. The van der Waals surface area contributed by atoms with Crippen molar-refractivity contribution in [3.05, 3.63) is 113 Å². The number of rotatable bonds is 8. The molecule has 0 spiro atoms. The molecule has 1 amide bonds. The van der Waals surface area contributed by atoms with Crippen LogP contribution >= 0.6 is 0 Å². The number of hydrogen-bond donors (Lipinski definition) is 1. The van der Waals surface area contributed by atoms with E-state index in [4.69, 9.17) is 0 Å². The van der Waals surface area contributed by atoms with E-state index in [1.807, 2.05) is 58.0 Å². The molecule has 1 heterocycles. The Morgan fingerprint density at radius 1 is 0.895 bits per heavy atom. The molecule has 0 aliphatic carbocycles. The number of nitrogens with zero attached hydrogens (tertiary/aromatic N) is 3. The van der Waals surface area contributed by atoms with Crippen LogP contribution in [0.25, 0.3) is 5.69 Å². The van der Waals surface area contributed by atoms with E-state index in [2.05, 4.69) is 34.2 Å². The van der Waals surface area contributed by atoms with Crippen molar-refractivity contribution in [1.29, 1.82) is 0 Å². The van der Waals surface area contributed by atoms with Crippen LogP contribution in [0.2, 0.25) is 0 Å². The number of benzene rings is 3. The molecule has 0 saturated heterocycles. The molecule has 0 saturated carbocycles. The van der Waals surface area contributed by atoms with Crippen molar-refractivity contribution in [2.24, 2.45) is 5.10 Å². The van der Waals surface area contributed by atoms with Crippen LogP contribution in [0.3, 0.4) is 0 Å². The van der Waals surface area contributed by atoms with Crippen molar-refractivity contribution in [3.8, 4) is 5.69 Å². The number of carbonyl (C=O) groups excluding carboxylic acids is 1. The molecular formula is C30H32N4O3S. The molecule has 7 nitrogen and oxygen atoms in total. The molecule has 4 rings (SSSR count). The minimum Gasteiger partial charge on any atom is -0.318 e. The van der Waals surface area contributed by atoms with Gasteiger partial charge in [-0.05, 0) is 82.1 Å². The van der Waals surface area contributed by atoms with Crippen molar-refractivity contribution in [2.45, 2.75) is 39.5 Å². The lowest BCUT2D eigenvalue weighted by atomic mass is 10.1. The minimum absolute atomic E-state index is 0.111. The van der Waals surface area contributed by atoms with Gasteiger partial charge in [-0.3, -0.25) is 9.10 Å². The Morgan fingerprint density at radius 2 is 1.61 bits per heavy atom. The van der Waals surface area contributed by atoms with Gasteiger partial charge in [-0.15, -0.1) is 0 Å². The van der Waals surface area contributed by atoms with Crippen LogP contribution in [0, 0.1) is 34.6 Å². The van der Waals surface area contributed by atoms with E-state index in [0.717, 1.165) is 43.6 Å². The zero-order valence-electron chi connectivity index (χ0n) is 22.3. The van der Waals surface area contributed by atoms with E-state index in [1.165, 1.54) is 12.1 Å². The molecule has 8 heteroatoms. The summed E-state index contributed by atoms with van der Waals surface area (Å²) < 4.78 is 30.4. The van der Waals surface area contributed by atoms with E-state index in [0.29, 0.717) is 5.69 Å². The van der Waals surface area contributed by atoms with Crippen LogP contribution in [-0.4, -0.2) is 31.7 Å². The number of amides is 1. The summed E-state index contributed by atoms with van der Waals surface area (Å²) >= 11 is 0. The summed E-state index contributed by atoms with van der Waals surface area (Å²) in [4.78, 5) is 13.1. The van der Waals surface area contributed by atoms with Gasteiger partial charge in [-0.1, -0.05) is 48.0 Å². The average molecular weight is 529 g/mol. The minimum atomic E-state index is -3.99. The third-order valence-electron chi connectivity index (χ3n) is 6.36. The van der Waals surface area contributed by atoms with Crippen molar-refractivity contribution in [3.63, 3.8) is 0 Å². The second kappa shape index (κ2) is 11.1. The number of aryl methyl sites for hydroxylation is 4. The zero-order valence-corrected chi connectivity index (χ0v) is 23.1. The predicted molar refractivity (Wildman–Crippen MR) is 153 cm³/mol. The van der Waals surface area contributed by atoms with Crippen molar-refractivity contribution >= 4 is 27.8 Å². The van der Waals surface area contributed by atoms with Gasteiger partial charge in [-0.25, -0.2) is 13.8 Å². The van der Waals surface area contributed by atoms with Crippen molar-refractivity contribution in [2.75, 3.05) is 10.8 Å². The zero-order chi connectivity index (χ0) is 27.4. The normalized spacial score (nSPS) is 11.6. The molecule has 0 atom stereocenters. The molecule has 0 aliphatic rings. The van der Waals surface area contributed by atoms with Gasteiger partial charge >= 0.3 is 0 Å². The first kappa shape index (κ1) is 26.9. The van der Waals surface area contributed by atoms with Gasteiger partial charge in [0, 0.05) is 22.6 Å². The first-order valence-corrected chi connectivity index (χ1v) is 13.7. The van der Waals surface area contributed by atoms with Gasteiger partial charge in [0.2, 0.25) is 0 Å². The summed E-state index contributed by atoms with van der Waals surface area (Å²) in [7, 11) is -3.99. The van der Waals surface area contributed by atoms with Gasteiger partial charge in [0.05, 0.1) is 16.8 Å². The number of anilines is 1. The standard InChI is InChI=1S/C30H32N4O3S/c1-21-10-9-11-27(17-21)34-24(4)18-26(25(34)5)19-31-32-30(35)20-33(29-15-14-22(2)16-23(29)3)38(36,37)28-12-7-6-8-13-28/h6-19H,20H2,1-5H3,(H,32,35)/b31-19-. The summed E-state index contributed by atoms with van der Waals surface area (Å²) in [6.07, 6.45) is 1.58. The lowest BCUT2D eigenvalue weighted by molar-refractivity contribution is -0.119. The highest BCUT2D eigenvalue weighted by Crippen LogP contribution is 2.27. The third kappa shape index (κ3) is 5.70. The highest BCUT2D eigenvalue weighted by molar-refractivity contribution is 7.92. The molecule has 38 heavy (non-hydrogen) atoms. The highest BCUT2D eigenvalue weighted by Gasteiger charge is 2.28. The van der Waals surface area contributed by atoms with E-state index < -0.39 is 22.5 Å². The number of aromatic nitrogens is 1. The molecule has 1 N–H and O–H groups in total. The first-order valence-electron chi connectivity index (χ1n) is 12.3. The summed E-state index contributed by atoms with van der Waals surface area (Å²) in [5.41, 5.74) is 9.80. The van der Waals surface area contributed by atoms with Crippen LogP contribution in [0.4, 0.5) is 5.69 Å². The molecular weight excluding hydrogens is 496 g/mol. The Hall–Kier alpha value is -4.17. The van der Waals surface area contributed by atoms with E-state index in [9.17, 15) is 13.2 Å². The molecule has 1 aromatic heterocycles. The summed E-state index contributed by atoms with van der Waals surface area (Å²) in [6.45, 7) is 9.41. The number of hydrogen-bond acceptors (Lipinski definition) is 4. The molecule has 196 valence electrons.